The Morgan fingerprint density at radius 3 is 2.38 bits per heavy atom. The number of ether oxygens (including phenoxy) is 2. The lowest BCUT2D eigenvalue weighted by molar-refractivity contribution is 0.0990. The summed E-state index contributed by atoms with van der Waals surface area (Å²) < 4.78 is 41.7. The van der Waals surface area contributed by atoms with Gasteiger partial charge in [0.25, 0.3) is 0 Å². The van der Waals surface area contributed by atoms with E-state index in [4.69, 9.17) is 9.47 Å². The molecular formula is C33H29F2N3O4. The van der Waals surface area contributed by atoms with E-state index in [0.29, 0.717) is 44.9 Å². The first kappa shape index (κ1) is 28.6. The summed E-state index contributed by atoms with van der Waals surface area (Å²) in [6.45, 7) is 7.67. The molecule has 0 saturated carbocycles. The Morgan fingerprint density at radius 1 is 0.976 bits per heavy atom. The number of carbonyl (C=O) groups excluding carboxylic acids is 1. The Labute approximate surface area is 241 Å². The molecule has 0 spiro atoms. The first-order valence-corrected chi connectivity index (χ1v) is 13.3. The van der Waals surface area contributed by atoms with E-state index < -0.39 is 28.4 Å². The molecule has 0 aliphatic heterocycles. The quantitative estimate of drug-likeness (QED) is 0.196. The molecule has 5 aromatic rings. The molecular weight excluding hydrogens is 540 g/mol. The van der Waals surface area contributed by atoms with Gasteiger partial charge in [-0.05, 0) is 63.1 Å². The van der Waals surface area contributed by atoms with Gasteiger partial charge in [-0.1, -0.05) is 18.2 Å². The van der Waals surface area contributed by atoms with Crippen LogP contribution in [0.15, 0.2) is 78.0 Å². The smallest absolute Gasteiger partial charge is 0.200 e. The van der Waals surface area contributed by atoms with E-state index in [0.717, 1.165) is 0 Å². The highest BCUT2D eigenvalue weighted by atomic mass is 19.1. The van der Waals surface area contributed by atoms with Gasteiger partial charge in [0.05, 0.1) is 24.4 Å². The molecule has 7 nitrogen and oxygen atoms in total. The highest BCUT2D eigenvalue weighted by molar-refractivity contribution is 5.98. The number of aromatic nitrogens is 3. The van der Waals surface area contributed by atoms with Crippen LogP contribution in [0.2, 0.25) is 0 Å². The zero-order valence-corrected chi connectivity index (χ0v) is 23.9. The SMILES string of the molecule is COc1cnc2c(Oc3ccc(CC(=O)c4cn(C(C)(C)C)c(C)c(-c5ccc(F)cc5)c4=O)cc3F)ccnc2c1. The van der Waals surface area contributed by atoms with Crippen LogP contribution in [0.25, 0.3) is 22.2 Å². The Bertz CT molecular complexity index is 1880. The number of ketones is 1. The minimum absolute atomic E-state index is 0.0275. The summed E-state index contributed by atoms with van der Waals surface area (Å²) in [5.41, 5.74) is 1.87. The first-order valence-electron chi connectivity index (χ1n) is 13.3. The molecule has 0 fully saturated rings. The van der Waals surface area contributed by atoms with Crippen LogP contribution in [0.3, 0.4) is 0 Å². The second kappa shape index (κ2) is 11.2. The molecule has 0 radical (unpaired) electrons. The van der Waals surface area contributed by atoms with E-state index in [9.17, 15) is 14.0 Å². The summed E-state index contributed by atoms with van der Waals surface area (Å²) in [6.07, 6.45) is 4.39. The van der Waals surface area contributed by atoms with Crippen LogP contribution >= 0.6 is 0 Å². The average molecular weight is 570 g/mol. The molecule has 0 N–H and O–H groups in total. The van der Waals surface area contributed by atoms with Crippen molar-refractivity contribution < 1.29 is 23.0 Å². The number of halogens is 2. The van der Waals surface area contributed by atoms with Gasteiger partial charge in [-0.15, -0.1) is 0 Å². The summed E-state index contributed by atoms with van der Waals surface area (Å²) >= 11 is 0. The van der Waals surface area contributed by atoms with Crippen LogP contribution in [0.4, 0.5) is 8.78 Å². The van der Waals surface area contributed by atoms with Crippen LogP contribution in [0, 0.1) is 18.6 Å². The molecule has 3 heterocycles. The van der Waals surface area contributed by atoms with Crippen LogP contribution < -0.4 is 14.9 Å². The lowest BCUT2D eigenvalue weighted by atomic mass is 9.95. The van der Waals surface area contributed by atoms with Gasteiger partial charge in [0, 0.05) is 47.7 Å². The molecule has 42 heavy (non-hydrogen) atoms. The van der Waals surface area contributed by atoms with Crippen molar-refractivity contribution in [1.82, 2.24) is 14.5 Å². The third-order valence-corrected chi connectivity index (χ3v) is 6.94. The number of benzene rings is 2. The van der Waals surface area contributed by atoms with Crippen molar-refractivity contribution in [2.24, 2.45) is 0 Å². The minimum atomic E-state index is -0.679. The number of hydrogen-bond donors (Lipinski definition) is 0. The number of Topliss-reactive ketones (excluding diaryl/α,β-unsaturated/α-hetero) is 1. The van der Waals surface area contributed by atoms with Crippen molar-refractivity contribution in [3.8, 4) is 28.4 Å². The standard InChI is InChI=1S/C33H29F2N3O4/c1-19-30(21-7-9-22(34)10-8-21)32(40)24(18-38(19)33(2,3)4)27(39)15-20-6-11-28(25(35)14-20)42-29-12-13-36-26-16-23(41-5)17-37-31(26)29/h6-14,16-18H,15H2,1-5H3. The zero-order valence-electron chi connectivity index (χ0n) is 23.9. The van der Waals surface area contributed by atoms with E-state index in [1.807, 2.05) is 25.3 Å². The van der Waals surface area contributed by atoms with E-state index in [-0.39, 0.29) is 17.7 Å². The van der Waals surface area contributed by atoms with Crippen LogP contribution in [-0.4, -0.2) is 27.4 Å². The van der Waals surface area contributed by atoms with Gasteiger partial charge in [-0.3, -0.25) is 14.6 Å². The molecule has 0 aliphatic rings. The first-order chi connectivity index (χ1) is 20.0. The number of carbonyl (C=O) groups is 1. The fourth-order valence-corrected chi connectivity index (χ4v) is 4.87. The van der Waals surface area contributed by atoms with Crippen molar-refractivity contribution in [2.75, 3.05) is 7.11 Å². The third kappa shape index (κ3) is 5.63. The molecule has 0 amide bonds. The van der Waals surface area contributed by atoms with Gasteiger partial charge in [-0.2, -0.15) is 0 Å². The van der Waals surface area contributed by atoms with Gasteiger partial charge in [0.15, 0.2) is 28.5 Å². The zero-order chi connectivity index (χ0) is 30.2. The predicted molar refractivity (Wildman–Crippen MR) is 156 cm³/mol. The Balaban J connectivity index is 1.46. The summed E-state index contributed by atoms with van der Waals surface area (Å²) in [5.74, 6) is -0.793. The molecule has 214 valence electrons. The lowest BCUT2D eigenvalue weighted by Gasteiger charge is -2.28. The van der Waals surface area contributed by atoms with Crippen LogP contribution in [0.1, 0.15) is 42.4 Å². The van der Waals surface area contributed by atoms with E-state index in [2.05, 4.69) is 9.97 Å². The summed E-state index contributed by atoms with van der Waals surface area (Å²) in [4.78, 5) is 35.7. The third-order valence-electron chi connectivity index (χ3n) is 6.94. The fraction of sp³-hybridized carbons (Fsp3) is 0.212. The topological polar surface area (TPSA) is 83.3 Å². The van der Waals surface area contributed by atoms with Crippen molar-refractivity contribution in [2.45, 2.75) is 39.7 Å². The fourth-order valence-electron chi connectivity index (χ4n) is 4.87. The maximum atomic E-state index is 15.2. The predicted octanol–water partition coefficient (Wildman–Crippen LogP) is 7.03. The molecule has 0 bridgehead atoms. The van der Waals surface area contributed by atoms with Crippen LogP contribution in [0.5, 0.6) is 17.2 Å². The minimum Gasteiger partial charge on any atom is -0.495 e. The van der Waals surface area contributed by atoms with E-state index in [1.165, 1.54) is 55.9 Å². The number of fused-ring (bicyclic) bond motifs is 1. The monoisotopic (exact) mass is 569 g/mol. The van der Waals surface area contributed by atoms with Crippen molar-refractivity contribution in [3.63, 3.8) is 0 Å². The molecule has 0 atom stereocenters. The highest BCUT2D eigenvalue weighted by Gasteiger charge is 2.24. The van der Waals surface area contributed by atoms with E-state index in [1.54, 1.807) is 31.3 Å². The number of rotatable bonds is 7. The molecule has 2 aromatic carbocycles. The molecule has 0 saturated heterocycles. The van der Waals surface area contributed by atoms with Crippen molar-refractivity contribution >= 4 is 16.8 Å². The van der Waals surface area contributed by atoms with Gasteiger partial charge in [0.1, 0.15) is 17.1 Å². The molecule has 5 rings (SSSR count). The molecule has 9 heteroatoms. The van der Waals surface area contributed by atoms with Crippen LogP contribution in [-0.2, 0) is 12.0 Å². The van der Waals surface area contributed by atoms with Gasteiger partial charge in [0.2, 0.25) is 0 Å². The molecule has 0 unspecified atom stereocenters. The van der Waals surface area contributed by atoms with Crippen molar-refractivity contribution in [3.05, 3.63) is 112 Å². The maximum Gasteiger partial charge on any atom is 0.200 e. The highest BCUT2D eigenvalue weighted by Crippen LogP contribution is 2.31. The average Bonchev–Trinajstić information content (AvgIpc) is 2.94. The number of nitrogens with zero attached hydrogens (tertiary/aromatic N) is 3. The Hall–Kier alpha value is -4.92. The second-order valence-corrected chi connectivity index (χ2v) is 10.9. The molecule has 3 aromatic heterocycles. The normalized spacial score (nSPS) is 11.5. The number of methoxy groups -OCH3 is 1. The maximum absolute atomic E-state index is 15.2. The summed E-state index contributed by atoms with van der Waals surface area (Å²) in [7, 11) is 1.52. The van der Waals surface area contributed by atoms with Crippen molar-refractivity contribution in [1.29, 1.82) is 0 Å². The van der Waals surface area contributed by atoms with Gasteiger partial charge >= 0.3 is 0 Å². The largest absolute Gasteiger partial charge is 0.495 e. The lowest BCUT2D eigenvalue weighted by Crippen LogP contribution is -2.30. The Kier molecular flexibility index (Phi) is 7.60. The summed E-state index contributed by atoms with van der Waals surface area (Å²) in [6, 6.07) is 13.1. The second-order valence-electron chi connectivity index (χ2n) is 10.9. The van der Waals surface area contributed by atoms with E-state index >= 15 is 4.39 Å². The number of pyridine rings is 3. The van der Waals surface area contributed by atoms with Gasteiger partial charge in [-0.25, -0.2) is 13.8 Å². The summed E-state index contributed by atoms with van der Waals surface area (Å²) in [5, 5.41) is 0. The molecule has 0 aliphatic carbocycles. The Morgan fingerprint density at radius 2 is 1.71 bits per heavy atom. The number of hydrogen-bond acceptors (Lipinski definition) is 6. The van der Waals surface area contributed by atoms with Gasteiger partial charge < -0.3 is 14.0 Å².